The quantitative estimate of drug-likeness (QED) is 0.173. The van der Waals surface area contributed by atoms with E-state index in [1.807, 2.05) is 0 Å². The average molecular weight is 776 g/mol. The molecule has 0 unspecified atom stereocenters. The van der Waals surface area contributed by atoms with Gasteiger partial charge >= 0.3 is 0 Å². The zero-order valence-electron chi connectivity index (χ0n) is 33.2. The molecule has 2 aliphatic rings. The van der Waals surface area contributed by atoms with Gasteiger partial charge in [-0.25, -0.2) is 0 Å². The molecule has 0 saturated carbocycles. The fourth-order valence-corrected chi connectivity index (χ4v) is 10.7. The van der Waals surface area contributed by atoms with Gasteiger partial charge in [0.1, 0.15) is 11.2 Å². The molecular weight excluding hydrogens is 739 g/mol. The van der Waals surface area contributed by atoms with E-state index in [1.165, 1.54) is 55.6 Å². The number of rotatable bonds is 5. The smallest absolute Gasteiger partial charge is 0.143 e. The highest BCUT2D eigenvalue weighted by atomic mass is 16.3. The highest BCUT2D eigenvalue weighted by molar-refractivity contribution is 6.20. The summed E-state index contributed by atoms with van der Waals surface area (Å²) in [6.07, 6.45) is 0. The maximum atomic E-state index is 6.90. The van der Waals surface area contributed by atoms with Crippen LogP contribution >= 0.6 is 0 Å². The van der Waals surface area contributed by atoms with Gasteiger partial charge < -0.3 is 9.32 Å². The molecule has 1 aromatic heterocycles. The first kappa shape index (κ1) is 34.0. The molecule has 13 rings (SSSR count). The fourth-order valence-electron chi connectivity index (χ4n) is 10.7. The minimum absolute atomic E-state index is 0.442. The van der Waals surface area contributed by atoms with Gasteiger partial charge in [0.25, 0.3) is 0 Å². The molecule has 0 fully saturated rings. The number of para-hydroxylation sites is 1. The van der Waals surface area contributed by atoms with E-state index in [0.717, 1.165) is 60.9 Å². The number of benzene rings is 10. The van der Waals surface area contributed by atoms with E-state index < -0.39 is 5.41 Å². The van der Waals surface area contributed by atoms with Crippen LogP contribution in [0.3, 0.4) is 0 Å². The number of fused-ring (bicyclic) bond motifs is 15. The van der Waals surface area contributed by atoms with Crippen LogP contribution in [0.15, 0.2) is 229 Å². The lowest BCUT2D eigenvalue weighted by Crippen LogP contribution is -2.26. The van der Waals surface area contributed by atoms with Gasteiger partial charge in [-0.15, -0.1) is 0 Å². The maximum absolute atomic E-state index is 6.90. The molecule has 0 N–H and O–H groups in total. The Morgan fingerprint density at radius 2 is 0.852 bits per heavy atom. The zero-order valence-corrected chi connectivity index (χ0v) is 33.2. The Hall–Kier alpha value is -7.94. The first-order valence-corrected chi connectivity index (χ1v) is 21.1. The van der Waals surface area contributed by atoms with Crippen molar-refractivity contribution in [3.05, 3.63) is 247 Å². The zero-order chi connectivity index (χ0) is 40.1. The Kier molecular flexibility index (Phi) is 7.26. The first-order chi connectivity index (χ1) is 30.3. The van der Waals surface area contributed by atoms with Crippen LogP contribution in [0, 0.1) is 0 Å². The van der Waals surface area contributed by atoms with Crippen LogP contribution in [0.5, 0.6) is 0 Å². The van der Waals surface area contributed by atoms with Crippen molar-refractivity contribution < 1.29 is 4.42 Å². The number of nitrogens with zero attached hydrogens (tertiary/aromatic N) is 1. The Labute approximate surface area is 354 Å². The molecule has 2 heteroatoms. The average Bonchev–Trinajstić information content (AvgIpc) is 3.96. The van der Waals surface area contributed by atoms with Gasteiger partial charge in [0.2, 0.25) is 0 Å². The normalized spacial score (nSPS) is 13.0. The molecule has 0 atom stereocenters. The van der Waals surface area contributed by atoms with E-state index in [2.05, 4.69) is 229 Å². The number of anilines is 3. The van der Waals surface area contributed by atoms with Crippen molar-refractivity contribution in [1.82, 2.24) is 0 Å². The SMILES string of the molecule is c1ccc(-c2cccc(-c3ccc4c(c3)oc3c5ccccc5c(N(c5ccccc5)c5ccc6c(c5)C5(c7ccccc7-c7ccccc75)c5ccccc5-6)cc43)c2)cc1. The van der Waals surface area contributed by atoms with E-state index in [-0.39, 0.29) is 0 Å². The van der Waals surface area contributed by atoms with E-state index in [9.17, 15) is 0 Å². The second kappa shape index (κ2) is 13.0. The number of furan rings is 1. The minimum atomic E-state index is -0.442. The predicted molar refractivity (Wildman–Crippen MR) is 253 cm³/mol. The lowest BCUT2D eigenvalue weighted by Gasteiger charge is -2.32. The Morgan fingerprint density at radius 3 is 1.54 bits per heavy atom. The van der Waals surface area contributed by atoms with Crippen LogP contribution in [0.2, 0.25) is 0 Å². The summed E-state index contributed by atoms with van der Waals surface area (Å²) in [5.41, 5.74) is 19.9. The lowest BCUT2D eigenvalue weighted by atomic mass is 9.70. The van der Waals surface area contributed by atoms with Gasteiger partial charge in [-0.05, 0) is 115 Å². The molecule has 284 valence electrons. The van der Waals surface area contributed by atoms with E-state index in [0.29, 0.717) is 0 Å². The highest BCUT2D eigenvalue weighted by Gasteiger charge is 2.51. The van der Waals surface area contributed by atoms with Crippen LogP contribution in [0.4, 0.5) is 17.1 Å². The third kappa shape index (κ3) is 4.85. The van der Waals surface area contributed by atoms with Crippen LogP contribution in [0.25, 0.3) is 77.2 Å². The van der Waals surface area contributed by atoms with Crippen molar-refractivity contribution in [2.75, 3.05) is 4.90 Å². The van der Waals surface area contributed by atoms with Gasteiger partial charge in [-0.1, -0.05) is 176 Å². The maximum Gasteiger partial charge on any atom is 0.143 e. The van der Waals surface area contributed by atoms with Gasteiger partial charge in [0.05, 0.1) is 11.1 Å². The molecule has 10 aromatic carbocycles. The molecule has 1 heterocycles. The number of hydrogen-bond acceptors (Lipinski definition) is 2. The molecule has 11 aromatic rings. The third-order valence-corrected chi connectivity index (χ3v) is 13.3. The molecule has 0 aliphatic heterocycles. The van der Waals surface area contributed by atoms with Crippen molar-refractivity contribution >= 4 is 49.8 Å². The highest BCUT2D eigenvalue weighted by Crippen LogP contribution is 2.63. The predicted octanol–water partition coefficient (Wildman–Crippen LogP) is 15.9. The third-order valence-electron chi connectivity index (χ3n) is 13.3. The molecule has 0 saturated heterocycles. The standard InChI is InChI=1S/C59H37NO/c1-3-16-38(17-4-1)39-18-15-19-40(34-39)41-30-32-49-51-37-56(48-25-7-8-26-50(48)58(51)61-57(49)35-41)60(42-20-5-2-6-21-42)43-31-33-47-46-24-11-14-29-54(46)59(55(47)36-43)52-27-12-9-22-44(52)45-23-10-13-28-53(45)59/h1-37H. The van der Waals surface area contributed by atoms with Crippen molar-refractivity contribution in [2.45, 2.75) is 5.41 Å². The summed E-state index contributed by atoms with van der Waals surface area (Å²) in [6, 6.07) is 82.1. The Bertz CT molecular complexity index is 3480. The van der Waals surface area contributed by atoms with Crippen molar-refractivity contribution in [3.8, 4) is 44.5 Å². The minimum Gasteiger partial charge on any atom is -0.455 e. The van der Waals surface area contributed by atoms with Gasteiger partial charge in [0.15, 0.2) is 0 Å². The molecule has 0 radical (unpaired) electrons. The van der Waals surface area contributed by atoms with Crippen molar-refractivity contribution in [1.29, 1.82) is 0 Å². The summed E-state index contributed by atoms with van der Waals surface area (Å²) >= 11 is 0. The summed E-state index contributed by atoms with van der Waals surface area (Å²) in [5, 5.41) is 4.41. The van der Waals surface area contributed by atoms with Crippen LogP contribution in [-0.2, 0) is 5.41 Å². The molecule has 2 aliphatic carbocycles. The molecule has 2 nitrogen and oxygen atoms in total. The molecular formula is C59H37NO. The Morgan fingerprint density at radius 1 is 0.311 bits per heavy atom. The topological polar surface area (TPSA) is 16.4 Å². The fraction of sp³-hybridized carbons (Fsp3) is 0.0169. The molecule has 0 bridgehead atoms. The number of hydrogen-bond donors (Lipinski definition) is 0. The van der Waals surface area contributed by atoms with Crippen LogP contribution in [0.1, 0.15) is 22.3 Å². The van der Waals surface area contributed by atoms with Gasteiger partial charge in [0, 0.05) is 32.9 Å². The largest absolute Gasteiger partial charge is 0.455 e. The summed E-state index contributed by atoms with van der Waals surface area (Å²) in [4.78, 5) is 2.45. The first-order valence-electron chi connectivity index (χ1n) is 21.1. The lowest BCUT2D eigenvalue weighted by molar-refractivity contribution is 0.673. The summed E-state index contributed by atoms with van der Waals surface area (Å²) in [5.74, 6) is 0. The van der Waals surface area contributed by atoms with Crippen molar-refractivity contribution in [3.63, 3.8) is 0 Å². The summed E-state index contributed by atoms with van der Waals surface area (Å²) in [7, 11) is 0. The van der Waals surface area contributed by atoms with Crippen LogP contribution < -0.4 is 4.90 Å². The van der Waals surface area contributed by atoms with Crippen molar-refractivity contribution in [2.24, 2.45) is 0 Å². The summed E-state index contributed by atoms with van der Waals surface area (Å²) < 4.78 is 6.90. The molecule has 61 heavy (non-hydrogen) atoms. The van der Waals surface area contributed by atoms with E-state index >= 15 is 0 Å². The van der Waals surface area contributed by atoms with E-state index in [4.69, 9.17) is 4.42 Å². The molecule has 0 amide bonds. The van der Waals surface area contributed by atoms with Gasteiger partial charge in [-0.3, -0.25) is 0 Å². The van der Waals surface area contributed by atoms with E-state index in [1.54, 1.807) is 0 Å². The summed E-state index contributed by atoms with van der Waals surface area (Å²) in [6.45, 7) is 0. The van der Waals surface area contributed by atoms with Gasteiger partial charge in [-0.2, -0.15) is 0 Å². The Balaban J connectivity index is 1.03. The van der Waals surface area contributed by atoms with Crippen LogP contribution in [-0.4, -0.2) is 0 Å². The molecule has 1 spiro atoms. The second-order valence-corrected chi connectivity index (χ2v) is 16.4. The monoisotopic (exact) mass is 775 g/mol. The second-order valence-electron chi connectivity index (χ2n) is 16.4.